The molecule has 0 aliphatic carbocycles. The van der Waals surface area contributed by atoms with Crippen molar-refractivity contribution in [1.82, 2.24) is 16.0 Å². The van der Waals surface area contributed by atoms with Gasteiger partial charge < -0.3 is 37.6 Å². The number of aliphatic hydroxyl groups is 1. The van der Waals surface area contributed by atoms with Crippen LogP contribution in [0, 0.1) is 0 Å². The maximum absolute atomic E-state index is 11.9. The molecule has 0 aliphatic rings. The third kappa shape index (κ3) is 9.56. The van der Waals surface area contributed by atoms with Crippen LogP contribution in [0.4, 0.5) is 0 Å². The van der Waals surface area contributed by atoms with Gasteiger partial charge in [-0.2, -0.15) is 12.6 Å². The molecule has 9 N–H and O–H groups in total. The van der Waals surface area contributed by atoms with E-state index >= 15 is 0 Å². The van der Waals surface area contributed by atoms with Crippen molar-refractivity contribution in [1.29, 1.82) is 0 Å². The highest BCUT2D eigenvalue weighted by Crippen LogP contribution is 1.97. The molecule has 0 aromatic rings. The van der Waals surface area contributed by atoms with Gasteiger partial charge in [0.1, 0.15) is 12.1 Å². The highest BCUT2D eigenvalue weighted by molar-refractivity contribution is 7.80. The number of rotatable bonds is 13. The van der Waals surface area contributed by atoms with E-state index in [0.717, 1.165) is 6.42 Å². The minimum Gasteiger partial charge on any atom is -0.480 e. The quantitative estimate of drug-likeness (QED) is 0.117. The Morgan fingerprint density at radius 1 is 1.04 bits per heavy atom. The maximum atomic E-state index is 11.9. The lowest BCUT2D eigenvalue weighted by Gasteiger charge is -2.19. The summed E-state index contributed by atoms with van der Waals surface area (Å²) in [5.41, 5.74) is 11.0. The number of nitrogens with two attached hydrogens (primary N) is 2. The number of carbonyl (C=O) groups excluding carboxylic acids is 3. The van der Waals surface area contributed by atoms with Crippen molar-refractivity contribution in [3.8, 4) is 0 Å². The second-order valence-corrected chi connectivity index (χ2v) is 5.86. The van der Waals surface area contributed by atoms with Crippen molar-refractivity contribution >= 4 is 36.3 Å². The number of carboxylic acids is 1. The fourth-order valence-electron chi connectivity index (χ4n) is 1.84. The van der Waals surface area contributed by atoms with Gasteiger partial charge in [-0.1, -0.05) is 6.42 Å². The van der Waals surface area contributed by atoms with Crippen LogP contribution in [0.1, 0.15) is 19.3 Å². The van der Waals surface area contributed by atoms with Crippen LogP contribution in [-0.2, 0) is 19.2 Å². The first-order chi connectivity index (χ1) is 12.3. The smallest absolute Gasteiger partial charge is 0.327 e. The van der Waals surface area contributed by atoms with E-state index in [2.05, 4.69) is 28.6 Å². The van der Waals surface area contributed by atoms with E-state index in [0.29, 0.717) is 19.4 Å². The average molecular weight is 393 g/mol. The van der Waals surface area contributed by atoms with Gasteiger partial charge in [-0.15, -0.1) is 0 Å². The molecule has 11 nitrogen and oxygen atoms in total. The molecule has 0 aromatic carbocycles. The molecule has 12 heteroatoms. The van der Waals surface area contributed by atoms with Crippen LogP contribution >= 0.6 is 12.6 Å². The highest BCUT2D eigenvalue weighted by atomic mass is 32.1. The molecule has 0 aliphatic heterocycles. The molecule has 0 aromatic heterocycles. The topological polar surface area (TPSA) is 197 Å². The van der Waals surface area contributed by atoms with E-state index in [9.17, 15) is 24.3 Å². The molecule has 0 saturated heterocycles. The second-order valence-electron chi connectivity index (χ2n) is 5.49. The van der Waals surface area contributed by atoms with Gasteiger partial charge in [-0.25, -0.2) is 4.79 Å². The lowest BCUT2D eigenvalue weighted by molar-refractivity contribution is -0.141. The number of thiol groups is 1. The lowest BCUT2D eigenvalue weighted by atomic mass is 10.1. The van der Waals surface area contributed by atoms with Gasteiger partial charge in [0, 0.05) is 5.75 Å². The van der Waals surface area contributed by atoms with E-state index in [4.69, 9.17) is 16.6 Å². The summed E-state index contributed by atoms with van der Waals surface area (Å²) in [7, 11) is 0. The molecule has 26 heavy (non-hydrogen) atoms. The number of hydrogen-bond donors (Lipinski definition) is 8. The van der Waals surface area contributed by atoms with E-state index in [1.807, 2.05) is 0 Å². The fraction of sp³-hybridized carbons (Fsp3) is 0.714. The normalized spacial score (nSPS) is 14.0. The third-order valence-electron chi connectivity index (χ3n) is 3.36. The van der Waals surface area contributed by atoms with Crippen LogP contribution in [0.3, 0.4) is 0 Å². The van der Waals surface area contributed by atoms with Crippen LogP contribution < -0.4 is 27.4 Å². The van der Waals surface area contributed by atoms with Gasteiger partial charge in [0.15, 0.2) is 0 Å². The fourth-order valence-corrected chi connectivity index (χ4v) is 2.08. The summed E-state index contributed by atoms with van der Waals surface area (Å²) in [5.74, 6) is -3.60. The van der Waals surface area contributed by atoms with Crippen molar-refractivity contribution in [2.24, 2.45) is 11.5 Å². The van der Waals surface area contributed by atoms with E-state index in [-0.39, 0.29) is 5.75 Å². The Balaban J connectivity index is 4.38. The monoisotopic (exact) mass is 393 g/mol. The van der Waals surface area contributed by atoms with E-state index in [1.165, 1.54) is 0 Å². The minimum absolute atomic E-state index is 0.161. The van der Waals surface area contributed by atoms with Gasteiger partial charge in [-0.05, 0) is 19.4 Å². The molecule has 3 amide bonds. The predicted molar refractivity (Wildman–Crippen MR) is 96.3 cm³/mol. The summed E-state index contributed by atoms with van der Waals surface area (Å²) in [4.78, 5) is 46.3. The number of hydrogen-bond acceptors (Lipinski definition) is 8. The molecular weight excluding hydrogens is 366 g/mol. The van der Waals surface area contributed by atoms with Crippen molar-refractivity contribution in [3.05, 3.63) is 0 Å². The van der Waals surface area contributed by atoms with Gasteiger partial charge in [0.2, 0.25) is 17.7 Å². The summed E-state index contributed by atoms with van der Waals surface area (Å²) in [6, 6.07) is -3.40. The Labute approximate surface area is 156 Å². The largest absolute Gasteiger partial charge is 0.480 e. The number of carbonyl (C=O) groups is 4. The number of aliphatic carboxylic acids is 1. The van der Waals surface area contributed by atoms with Crippen LogP contribution in [0.25, 0.3) is 0 Å². The molecule has 0 heterocycles. The van der Waals surface area contributed by atoms with Crippen LogP contribution in [0.5, 0.6) is 0 Å². The minimum atomic E-state index is -1.36. The van der Waals surface area contributed by atoms with Crippen LogP contribution in [0.15, 0.2) is 0 Å². The first-order valence-electron chi connectivity index (χ1n) is 8.04. The molecule has 150 valence electrons. The summed E-state index contributed by atoms with van der Waals surface area (Å²) < 4.78 is 0. The molecule has 3 atom stereocenters. The first kappa shape index (κ1) is 24.1. The Morgan fingerprint density at radius 2 is 1.69 bits per heavy atom. The van der Waals surface area contributed by atoms with Gasteiger partial charge in [-0.3, -0.25) is 14.4 Å². The molecule has 0 fully saturated rings. The lowest BCUT2D eigenvalue weighted by Crippen LogP contribution is -2.55. The zero-order chi connectivity index (χ0) is 20.1. The van der Waals surface area contributed by atoms with Crippen molar-refractivity contribution < 1.29 is 29.4 Å². The SMILES string of the molecule is NCCCCC(N)C(=O)NCC(=O)NC(CO)C(=O)NC(CS)C(=O)O. The first-order valence-corrected chi connectivity index (χ1v) is 8.67. The van der Waals surface area contributed by atoms with E-state index in [1.54, 1.807) is 0 Å². The van der Waals surface area contributed by atoms with Crippen LogP contribution in [0.2, 0.25) is 0 Å². The van der Waals surface area contributed by atoms with Crippen molar-refractivity contribution in [3.63, 3.8) is 0 Å². The maximum Gasteiger partial charge on any atom is 0.327 e. The van der Waals surface area contributed by atoms with Gasteiger partial charge in [0.25, 0.3) is 0 Å². The molecule has 0 bridgehead atoms. The summed E-state index contributed by atoms with van der Waals surface area (Å²) in [6.07, 6.45) is 1.84. The summed E-state index contributed by atoms with van der Waals surface area (Å²) in [6.45, 7) is -0.692. The Hall–Kier alpha value is -1.89. The zero-order valence-electron chi connectivity index (χ0n) is 14.3. The van der Waals surface area contributed by atoms with Crippen LogP contribution in [-0.4, -0.2) is 77.5 Å². The van der Waals surface area contributed by atoms with Gasteiger partial charge in [0.05, 0.1) is 19.2 Å². The standard InChI is InChI=1S/C14H27N5O6S/c15-4-2-1-3-8(16)12(22)17-5-11(21)18-9(6-20)13(23)19-10(7-26)14(24)25/h8-10,20,26H,1-7,15-16H2,(H,17,22)(H,18,21)(H,19,23)(H,24,25). The second kappa shape index (κ2) is 13.3. The Bertz CT molecular complexity index is 492. The average Bonchev–Trinajstić information content (AvgIpc) is 2.61. The Kier molecular flexibility index (Phi) is 12.4. The molecule has 3 unspecified atom stereocenters. The molecular formula is C14H27N5O6S. The van der Waals surface area contributed by atoms with E-state index < -0.39 is 55.0 Å². The number of carboxylic acid groups (broad SMARTS) is 1. The molecule has 0 radical (unpaired) electrons. The third-order valence-corrected chi connectivity index (χ3v) is 3.73. The summed E-state index contributed by atoms with van der Waals surface area (Å²) >= 11 is 3.79. The van der Waals surface area contributed by atoms with Crippen molar-refractivity contribution in [2.75, 3.05) is 25.4 Å². The molecule has 0 spiro atoms. The number of amides is 3. The summed E-state index contributed by atoms with van der Waals surface area (Å²) in [5, 5.41) is 24.7. The number of nitrogens with one attached hydrogen (secondary N) is 3. The number of aliphatic hydroxyl groups excluding tert-OH is 1. The number of unbranched alkanes of at least 4 members (excludes halogenated alkanes) is 1. The van der Waals surface area contributed by atoms with Gasteiger partial charge >= 0.3 is 5.97 Å². The Morgan fingerprint density at radius 3 is 2.19 bits per heavy atom. The zero-order valence-corrected chi connectivity index (χ0v) is 15.2. The van der Waals surface area contributed by atoms with Crippen molar-refractivity contribution in [2.45, 2.75) is 37.4 Å². The highest BCUT2D eigenvalue weighted by Gasteiger charge is 2.25. The molecule has 0 saturated carbocycles. The molecule has 0 rings (SSSR count). The predicted octanol–water partition coefficient (Wildman–Crippen LogP) is -3.46.